The van der Waals surface area contributed by atoms with Crippen LogP contribution >= 0.6 is 0 Å². The topological polar surface area (TPSA) is 129 Å². The fraction of sp³-hybridized carbons (Fsp3) is 0.368. The molecular weight excluding hydrogens is 374 g/mol. The van der Waals surface area contributed by atoms with Crippen LogP contribution in [0.25, 0.3) is 5.78 Å². The average molecular weight is 395 g/mol. The first-order valence-corrected chi connectivity index (χ1v) is 9.33. The quantitative estimate of drug-likeness (QED) is 0.695. The van der Waals surface area contributed by atoms with Crippen LogP contribution in [0.3, 0.4) is 0 Å². The molecule has 150 valence electrons. The highest BCUT2D eigenvalue weighted by Crippen LogP contribution is 2.20. The summed E-state index contributed by atoms with van der Waals surface area (Å²) in [5.74, 6) is 0.147. The molecule has 10 heteroatoms. The highest BCUT2D eigenvalue weighted by atomic mass is 16.5. The molecular formula is C19H21N7O3. The second-order valence-corrected chi connectivity index (χ2v) is 7.06. The van der Waals surface area contributed by atoms with Gasteiger partial charge in [-0.25, -0.2) is 9.50 Å². The number of amides is 2. The van der Waals surface area contributed by atoms with Gasteiger partial charge in [0.2, 0.25) is 5.82 Å². The molecule has 2 amide bonds. The molecule has 2 N–H and O–H groups in total. The lowest BCUT2D eigenvalue weighted by Crippen LogP contribution is -2.44. The van der Waals surface area contributed by atoms with Crippen LogP contribution in [0, 0.1) is 13.8 Å². The normalized spacial score (nSPS) is 16.8. The van der Waals surface area contributed by atoms with Gasteiger partial charge in [0.05, 0.1) is 6.54 Å². The van der Waals surface area contributed by atoms with Gasteiger partial charge in [0.1, 0.15) is 17.5 Å². The number of likely N-dealkylation sites (tertiary alicyclic amines) is 1. The standard InChI is InChI=1S/C19H21N7O3/c1-11-8-12(2)26-19(22-11)23-17(24-26)18(28)25-7-3-4-14(10-25)29-13-5-6-21-15(9-13)16(20)27/h5-6,8-9,14H,3-4,7,10H2,1-2H3,(H2,20,27). The van der Waals surface area contributed by atoms with Crippen LogP contribution in [0.4, 0.5) is 0 Å². The Hall–Kier alpha value is -3.56. The van der Waals surface area contributed by atoms with Gasteiger partial charge in [0.25, 0.3) is 17.6 Å². The average Bonchev–Trinajstić information content (AvgIpc) is 3.12. The van der Waals surface area contributed by atoms with E-state index in [2.05, 4.69) is 20.1 Å². The van der Waals surface area contributed by atoms with Crippen molar-refractivity contribution < 1.29 is 14.3 Å². The fourth-order valence-corrected chi connectivity index (χ4v) is 3.43. The van der Waals surface area contributed by atoms with E-state index in [1.807, 2.05) is 19.9 Å². The predicted molar refractivity (Wildman–Crippen MR) is 103 cm³/mol. The van der Waals surface area contributed by atoms with Crippen molar-refractivity contribution in [1.29, 1.82) is 0 Å². The van der Waals surface area contributed by atoms with Crippen LogP contribution in [0.15, 0.2) is 24.4 Å². The molecule has 0 aromatic carbocycles. The Balaban J connectivity index is 1.49. The highest BCUT2D eigenvalue weighted by molar-refractivity contribution is 5.91. The van der Waals surface area contributed by atoms with Crippen molar-refractivity contribution in [2.24, 2.45) is 5.73 Å². The Bertz CT molecular complexity index is 1090. The smallest absolute Gasteiger partial charge is 0.293 e. The first kappa shape index (κ1) is 18.8. The van der Waals surface area contributed by atoms with Crippen molar-refractivity contribution >= 4 is 17.6 Å². The molecule has 29 heavy (non-hydrogen) atoms. The molecule has 0 bridgehead atoms. The van der Waals surface area contributed by atoms with Gasteiger partial charge in [0.15, 0.2) is 0 Å². The molecule has 1 saturated heterocycles. The number of nitrogens with two attached hydrogens (primary N) is 1. The number of piperidine rings is 1. The number of carbonyl (C=O) groups is 2. The van der Waals surface area contributed by atoms with E-state index in [4.69, 9.17) is 10.5 Å². The third-order valence-corrected chi connectivity index (χ3v) is 4.76. The lowest BCUT2D eigenvalue weighted by molar-refractivity contribution is 0.0527. The van der Waals surface area contributed by atoms with E-state index in [0.717, 1.165) is 24.2 Å². The second kappa shape index (κ2) is 7.46. The lowest BCUT2D eigenvalue weighted by Gasteiger charge is -2.32. The summed E-state index contributed by atoms with van der Waals surface area (Å²) in [4.78, 5) is 38.4. The van der Waals surface area contributed by atoms with Crippen molar-refractivity contribution in [3.05, 3.63) is 47.3 Å². The predicted octanol–water partition coefficient (Wildman–Crippen LogP) is 0.919. The van der Waals surface area contributed by atoms with Gasteiger partial charge in [-0.2, -0.15) is 4.98 Å². The highest BCUT2D eigenvalue weighted by Gasteiger charge is 2.28. The van der Waals surface area contributed by atoms with E-state index in [1.54, 1.807) is 15.5 Å². The van der Waals surface area contributed by atoms with Crippen LogP contribution in [-0.2, 0) is 0 Å². The Morgan fingerprint density at radius 3 is 2.86 bits per heavy atom. The second-order valence-electron chi connectivity index (χ2n) is 7.06. The number of ether oxygens (including phenoxy) is 1. The number of rotatable bonds is 4. The van der Waals surface area contributed by atoms with Gasteiger partial charge in [-0.05, 0) is 38.8 Å². The number of carbonyl (C=O) groups excluding carboxylic acids is 2. The number of aromatic nitrogens is 5. The van der Waals surface area contributed by atoms with E-state index in [-0.39, 0.29) is 23.5 Å². The Labute approximate surface area is 166 Å². The van der Waals surface area contributed by atoms with Crippen LogP contribution < -0.4 is 10.5 Å². The Morgan fingerprint density at radius 1 is 1.24 bits per heavy atom. The van der Waals surface area contributed by atoms with Crippen molar-refractivity contribution in [3.8, 4) is 5.75 Å². The van der Waals surface area contributed by atoms with Crippen molar-refractivity contribution in [2.75, 3.05) is 13.1 Å². The molecule has 3 aromatic heterocycles. The zero-order valence-electron chi connectivity index (χ0n) is 16.2. The van der Waals surface area contributed by atoms with Crippen LogP contribution in [0.1, 0.15) is 45.3 Å². The molecule has 0 saturated carbocycles. The molecule has 0 radical (unpaired) electrons. The minimum Gasteiger partial charge on any atom is -0.488 e. The molecule has 4 heterocycles. The van der Waals surface area contributed by atoms with Crippen LogP contribution in [0.5, 0.6) is 5.75 Å². The minimum absolute atomic E-state index is 0.117. The maximum Gasteiger partial charge on any atom is 0.293 e. The van der Waals surface area contributed by atoms with Crippen LogP contribution in [0.2, 0.25) is 0 Å². The summed E-state index contributed by atoms with van der Waals surface area (Å²) < 4.78 is 7.53. The van der Waals surface area contributed by atoms with E-state index in [1.165, 1.54) is 12.3 Å². The Kier molecular flexibility index (Phi) is 4.83. The molecule has 0 spiro atoms. The zero-order valence-corrected chi connectivity index (χ0v) is 16.2. The molecule has 1 atom stereocenters. The summed E-state index contributed by atoms with van der Waals surface area (Å²) in [7, 11) is 0. The van der Waals surface area contributed by atoms with Crippen LogP contribution in [-0.4, -0.2) is 60.5 Å². The molecule has 0 aliphatic carbocycles. The molecule has 4 rings (SSSR count). The molecule has 1 fully saturated rings. The van der Waals surface area contributed by atoms with Crippen molar-refractivity contribution in [1.82, 2.24) is 29.5 Å². The van der Waals surface area contributed by atoms with E-state index < -0.39 is 5.91 Å². The maximum absolute atomic E-state index is 12.9. The first-order valence-electron chi connectivity index (χ1n) is 9.33. The van der Waals surface area contributed by atoms with E-state index in [9.17, 15) is 9.59 Å². The molecule has 10 nitrogen and oxygen atoms in total. The SMILES string of the molecule is Cc1cc(C)n2nc(C(=O)N3CCCC(Oc4ccnc(C(N)=O)c4)C3)nc2n1. The molecule has 1 unspecified atom stereocenters. The van der Waals surface area contributed by atoms with Gasteiger partial charge in [-0.1, -0.05) is 0 Å². The Morgan fingerprint density at radius 2 is 2.07 bits per heavy atom. The third kappa shape index (κ3) is 3.86. The van der Waals surface area contributed by atoms with Crippen molar-refractivity contribution in [2.45, 2.75) is 32.8 Å². The monoisotopic (exact) mass is 395 g/mol. The zero-order chi connectivity index (χ0) is 20.5. The van der Waals surface area contributed by atoms with Gasteiger partial charge >= 0.3 is 0 Å². The van der Waals surface area contributed by atoms with E-state index in [0.29, 0.717) is 24.6 Å². The molecule has 1 aliphatic rings. The first-order chi connectivity index (χ1) is 13.9. The maximum atomic E-state index is 12.9. The largest absolute Gasteiger partial charge is 0.488 e. The van der Waals surface area contributed by atoms with Crippen molar-refractivity contribution in [3.63, 3.8) is 0 Å². The fourth-order valence-electron chi connectivity index (χ4n) is 3.43. The van der Waals surface area contributed by atoms with E-state index >= 15 is 0 Å². The molecule has 3 aromatic rings. The summed E-state index contributed by atoms with van der Waals surface area (Å²) >= 11 is 0. The number of fused-ring (bicyclic) bond motifs is 1. The summed E-state index contributed by atoms with van der Waals surface area (Å²) in [6.07, 6.45) is 2.83. The van der Waals surface area contributed by atoms with Gasteiger partial charge < -0.3 is 15.4 Å². The summed E-state index contributed by atoms with van der Waals surface area (Å²) in [6, 6.07) is 5.05. The number of nitrogens with zero attached hydrogens (tertiary/aromatic N) is 6. The number of primary amides is 1. The molecule has 1 aliphatic heterocycles. The minimum atomic E-state index is -0.618. The number of hydrogen-bond acceptors (Lipinski definition) is 7. The summed E-state index contributed by atoms with van der Waals surface area (Å²) in [6.45, 7) is 4.76. The number of hydrogen-bond donors (Lipinski definition) is 1. The van der Waals surface area contributed by atoms with Gasteiger partial charge in [0, 0.05) is 30.2 Å². The van der Waals surface area contributed by atoms with Gasteiger partial charge in [-0.3, -0.25) is 14.6 Å². The number of aryl methyl sites for hydroxylation is 2. The lowest BCUT2D eigenvalue weighted by atomic mass is 10.1. The summed E-state index contributed by atoms with van der Waals surface area (Å²) in [5, 5.41) is 4.32. The third-order valence-electron chi connectivity index (χ3n) is 4.76. The summed E-state index contributed by atoms with van der Waals surface area (Å²) in [5.41, 5.74) is 7.08. The number of pyridine rings is 1. The van der Waals surface area contributed by atoms with Gasteiger partial charge in [-0.15, -0.1) is 5.10 Å².